The number of aromatic amines is 2. The molecule has 2 fully saturated rings. The van der Waals surface area contributed by atoms with Gasteiger partial charge in [-0.05, 0) is 53.6 Å². The van der Waals surface area contributed by atoms with Crippen LogP contribution in [0.15, 0.2) is 90.4 Å². The summed E-state index contributed by atoms with van der Waals surface area (Å²) < 4.78 is 0. The quantitative estimate of drug-likeness (QED) is 0.0500. The molecule has 2 saturated heterocycles. The molecule has 0 aliphatic carbocycles. The number of hydrogen-bond acceptors (Lipinski definition) is 11. The number of carbonyl (C=O) groups excluding carboxylic acids is 9. The molecular weight excluding hydrogens is 1000 g/mol. The first kappa shape index (κ1) is 56.9. The van der Waals surface area contributed by atoms with Gasteiger partial charge in [-0.2, -0.15) is 0 Å². The summed E-state index contributed by atoms with van der Waals surface area (Å²) in [5.41, 5.74) is 20.0. The van der Waals surface area contributed by atoms with Crippen LogP contribution in [0.4, 0.5) is 0 Å². The lowest BCUT2D eigenvalue weighted by Gasteiger charge is -2.31. The van der Waals surface area contributed by atoms with E-state index in [4.69, 9.17) is 17.2 Å². The number of fused-ring (bicyclic) bond motifs is 3. The highest BCUT2D eigenvalue weighted by atomic mass is 16.2. The number of hydrogen-bond donors (Lipinski definition) is 12. The fourth-order valence-corrected chi connectivity index (χ4v) is 9.90. The molecule has 414 valence electrons. The number of aliphatic imine (C=N–C) groups is 1. The summed E-state index contributed by atoms with van der Waals surface area (Å²) in [7, 11) is 0. The normalized spacial score (nSPS) is 22.7. The van der Waals surface area contributed by atoms with E-state index in [-0.39, 0.29) is 70.4 Å². The largest absolute Gasteiger partial charge is 0.370 e. The highest BCUT2D eigenvalue weighted by molar-refractivity contribution is 5.99. The van der Waals surface area contributed by atoms with E-state index >= 15 is 4.79 Å². The molecule has 24 heteroatoms. The Hall–Kier alpha value is -8.83. The predicted molar refractivity (Wildman–Crippen MR) is 289 cm³/mol. The first-order valence-electron chi connectivity index (χ1n) is 26.2. The Bertz CT molecular complexity index is 3010. The summed E-state index contributed by atoms with van der Waals surface area (Å²) in [4.78, 5) is 143. The number of amides is 9. The van der Waals surface area contributed by atoms with E-state index in [0.717, 1.165) is 21.7 Å². The molecule has 3 aromatic carbocycles. The maximum atomic E-state index is 15.4. The summed E-state index contributed by atoms with van der Waals surface area (Å²) in [5, 5.41) is 21.6. The second-order valence-electron chi connectivity index (χ2n) is 19.8. The van der Waals surface area contributed by atoms with Crippen LogP contribution >= 0.6 is 0 Å². The van der Waals surface area contributed by atoms with Gasteiger partial charge in [-0.1, -0.05) is 80.4 Å². The number of benzene rings is 3. The van der Waals surface area contributed by atoms with E-state index in [2.05, 4.69) is 57.2 Å². The predicted octanol–water partition coefficient (Wildman–Crippen LogP) is -0.391. The lowest BCUT2D eigenvalue weighted by atomic mass is 9.99. The average Bonchev–Trinajstić information content (AvgIpc) is 4.21. The van der Waals surface area contributed by atoms with Crippen LogP contribution < -0.4 is 54.4 Å². The van der Waals surface area contributed by atoms with Crippen LogP contribution in [0.5, 0.6) is 0 Å². The van der Waals surface area contributed by atoms with Crippen LogP contribution in [0.3, 0.4) is 0 Å². The van der Waals surface area contributed by atoms with Crippen LogP contribution in [-0.4, -0.2) is 140 Å². The van der Waals surface area contributed by atoms with Crippen LogP contribution in [0.1, 0.15) is 82.0 Å². The summed E-state index contributed by atoms with van der Waals surface area (Å²) in [5.74, 6) is -7.10. The van der Waals surface area contributed by atoms with Crippen LogP contribution in [0.25, 0.3) is 21.7 Å². The first-order valence-corrected chi connectivity index (χ1v) is 26.2. The van der Waals surface area contributed by atoms with Crippen molar-refractivity contribution < 1.29 is 43.2 Å². The Morgan fingerprint density at radius 1 is 0.808 bits per heavy atom. The molecule has 0 saturated carbocycles. The van der Waals surface area contributed by atoms with E-state index in [0.29, 0.717) is 29.7 Å². The zero-order chi connectivity index (χ0) is 55.9. The van der Waals surface area contributed by atoms with Crippen molar-refractivity contribution in [3.8, 4) is 0 Å². The molecule has 0 bridgehead atoms. The van der Waals surface area contributed by atoms with Crippen LogP contribution in [-0.2, 0) is 62.4 Å². The number of unbranched alkanes of at least 4 members (excludes halogenated alkanes) is 1. The second kappa shape index (κ2) is 26.8. The number of guanidine groups is 1. The number of rotatable bonds is 14. The number of nitrogens with two attached hydrogens (primary N) is 3. The number of imidazole rings is 1. The molecule has 2 aromatic heterocycles. The summed E-state index contributed by atoms with van der Waals surface area (Å²) in [6, 6.07) is 10.2. The number of para-hydroxylation sites is 1. The molecule has 2 aliphatic rings. The van der Waals surface area contributed by atoms with Gasteiger partial charge in [-0.15, -0.1) is 0 Å². The number of H-pyrrole nitrogens is 2. The lowest BCUT2D eigenvalue weighted by molar-refractivity contribution is -0.142. The summed E-state index contributed by atoms with van der Waals surface area (Å²) >= 11 is 0. The molecule has 0 unspecified atom stereocenters. The monoisotopic (exact) mass is 1070 g/mol. The zero-order valence-electron chi connectivity index (χ0n) is 43.6. The van der Waals surface area contributed by atoms with Gasteiger partial charge in [0.05, 0.1) is 18.8 Å². The fourth-order valence-electron chi connectivity index (χ4n) is 9.90. The second-order valence-corrected chi connectivity index (χ2v) is 19.8. The highest BCUT2D eigenvalue weighted by Gasteiger charge is 2.44. The minimum absolute atomic E-state index is 0.0382. The van der Waals surface area contributed by atoms with Gasteiger partial charge in [-0.3, -0.25) is 43.2 Å². The van der Waals surface area contributed by atoms with E-state index in [1.807, 2.05) is 67.6 Å². The standard InChI is InChI=1S/C54H69N15O9/c1-3-4-14-40(62-30(2)70)48(73)66-43-25-46(71)59-19-10-9-16-39(47(55)72)64-49(74)41(22-34-26-60-38-15-8-7-13-37(34)38)67-52(77)45-24-36(63-54(56)57)28-69(45)53(78)44(21-31-17-18-32-11-5-6-12-33(32)20-31)68-50(75)42(65-51(43)76)23-35-27-58-29-61-35/h5-8,11-13,15,17-18,20,26-27,29,36,39-45,60H,3-4,9-10,14,16,19,21-25,28H2,1-2H3,(H2,55,72)(H,58,61)(H,59,71)(H,62,70)(H,64,74)(H,65,76)(H,66,73)(H,67,77)(H,68,75)(H4,56,57,63)/t36-,39-,40-,41-,42-,43-,44+,45-/m0/s1. The minimum atomic E-state index is -1.59. The highest BCUT2D eigenvalue weighted by Crippen LogP contribution is 2.25. The molecule has 9 amide bonds. The molecule has 2 aliphatic heterocycles. The van der Waals surface area contributed by atoms with E-state index < -0.39 is 108 Å². The third-order valence-electron chi connectivity index (χ3n) is 13.9. The van der Waals surface area contributed by atoms with E-state index in [1.54, 1.807) is 12.3 Å². The first-order chi connectivity index (χ1) is 37.5. The number of nitrogens with zero attached hydrogens (tertiary/aromatic N) is 3. The molecule has 78 heavy (non-hydrogen) atoms. The molecule has 8 atom stereocenters. The lowest BCUT2D eigenvalue weighted by Crippen LogP contribution is -2.61. The fraction of sp³-hybridized carbons (Fsp3) is 0.426. The van der Waals surface area contributed by atoms with Gasteiger partial charge < -0.3 is 69.3 Å². The Labute approximate surface area is 450 Å². The van der Waals surface area contributed by atoms with Gasteiger partial charge >= 0.3 is 0 Å². The van der Waals surface area contributed by atoms with Crippen molar-refractivity contribution in [1.82, 2.24) is 57.1 Å². The van der Waals surface area contributed by atoms with Crippen molar-refractivity contribution in [2.45, 2.75) is 133 Å². The van der Waals surface area contributed by atoms with E-state index in [9.17, 15) is 38.4 Å². The Balaban J connectivity index is 1.29. The zero-order valence-corrected chi connectivity index (χ0v) is 43.6. The molecule has 7 rings (SSSR count). The SMILES string of the molecule is CCCC[C@H](NC(C)=O)C(=O)N[C@H]1CC(=O)NCCCC[C@@H](C(N)=O)NC(=O)[C@H](Cc2c[nH]c3ccccc23)NC(=O)[C@@H]2C[C@H](N=C(N)N)CN2C(=O)[C@@H](Cc2ccc3ccccc3c2)NC(=O)[C@H](Cc2cnc[nH]2)NC1=O. The Kier molecular flexibility index (Phi) is 19.5. The number of aromatic nitrogens is 3. The molecule has 0 spiro atoms. The molecular formula is C54H69N15O9. The van der Waals surface area contributed by atoms with Crippen molar-refractivity contribution in [2.24, 2.45) is 22.2 Å². The average molecular weight is 1070 g/mol. The van der Waals surface area contributed by atoms with Crippen molar-refractivity contribution in [3.63, 3.8) is 0 Å². The smallest absolute Gasteiger partial charge is 0.246 e. The van der Waals surface area contributed by atoms with Gasteiger partial charge in [0.25, 0.3) is 0 Å². The van der Waals surface area contributed by atoms with E-state index in [1.165, 1.54) is 24.3 Å². The Morgan fingerprint density at radius 2 is 1.53 bits per heavy atom. The third kappa shape index (κ3) is 15.4. The number of primary amides is 1. The Morgan fingerprint density at radius 3 is 2.26 bits per heavy atom. The van der Waals surface area contributed by atoms with Crippen molar-refractivity contribution in [1.29, 1.82) is 0 Å². The van der Waals surface area contributed by atoms with Gasteiger partial charge in [0.2, 0.25) is 53.2 Å². The van der Waals surface area contributed by atoms with Crippen molar-refractivity contribution in [2.75, 3.05) is 13.1 Å². The maximum Gasteiger partial charge on any atom is 0.246 e. The molecule has 24 nitrogen and oxygen atoms in total. The number of nitrogens with one attached hydrogen (secondary N) is 9. The topological polar surface area (TPSA) is 376 Å². The van der Waals surface area contributed by atoms with Crippen molar-refractivity contribution >= 4 is 80.8 Å². The molecule has 5 aromatic rings. The third-order valence-corrected chi connectivity index (χ3v) is 13.9. The van der Waals surface area contributed by atoms with Crippen molar-refractivity contribution in [3.05, 3.63) is 102 Å². The van der Waals surface area contributed by atoms with Crippen LogP contribution in [0, 0.1) is 0 Å². The van der Waals surface area contributed by atoms with Gasteiger partial charge in [0.1, 0.15) is 42.3 Å². The number of carbonyl (C=O) groups is 9. The summed E-state index contributed by atoms with van der Waals surface area (Å²) in [6.07, 6.45) is 5.46. The maximum absolute atomic E-state index is 15.4. The van der Waals surface area contributed by atoms with Gasteiger partial charge in [-0.25, -0.2) is 9.98 Å². The van der Waals surface area contributed by atoms with Crippen LogP contribution in [0.2, 0.25) is 0 Å². The van der Waals surface area contributed by atoms with Gasteiger partial charge in [0.15, 0.2) is 5.96 Å². The molecule has 4 heterocycles. The summed E-state index contributed by atoms with van der Waals surface area (Å²) in [6.45, 7) is 3.00. The van der Waals surface area contributed by atoms with Gasteiger partial charge in [0, 0.05) is 74.7 Å². The molecule has 15 N–H and O–H groups in total. The molecule has 0 radical (unpaired) electrons. The minimum Gasteiger partial charge on any atom is -0.370 e.